The van der Waals surface area contributed by atoms with Gasteiger partial charge in [0.2, 0.25) is 5.91 Å². The van der Waals surface area contributed by atoms with Crippen LogP contribution in [-0.4, -0.2) is 50.5 Å². The van der Waals surface area contributed by atoms with Crippen LogP contribution in [0.2, 0.25) is 0 Å². The summed E-state index contributed by atoms with van der Waals surface area (Å²) in [6.07, 6.45) is 0. The highest BCUT2D eigenvalue weighted by Gasteiger charge is 2.37. The van der Waals surface area contributed by atoms with E-state index in [1.807, 2.05) is 0 Å². The molecule has 0 bridgehead atoms. The maximum Gasteiger partial charge on any atom is 0.316 e. The summed E-state index contributed by atoms with van der Waals surface area (Å²) in [7, 11) is 1.58. The minimum absolute atomic E-state index is 0.294. The third-order valence-corrected chi connectivity index (χ3v) is 2.35. The van der Waals surface area contributed by atoms with E-state index in [-0.39, 0.29) is 0 Å². The molecule has 6 heteroatoms. The smallest absolute Gasteiger partial charge is 0.316 e. The normalized spacial score (nSPS) is 13.1. The molecule has 0 aliphatic carbocycles. The van der Waals surface area contributed by atoms with Gasteiger partial charge in [-0.1, -0.05) is 20.8 Å². The van der Waals surface area contributed by atoms with E-state index in [1.54, 1.807) is 27.9 Å². The molecule has 2 N–H and O–H groups in total. The number of nitrogens with one attached hydrogen (secondary N) is 1. The fourth-order valence-electron chi connectivity index (χ4n) is 1.47. The molecule has 0 heterocycles. The summed E-state index contributed by atoms with van der Waals surface area (Å²) in [5.41, 5.74) is -0.618. The summed E-state index contributed by atoms with van der Waals surface area (Å²) in [6.45, 7) is 6.75. The van der Waals surface area contributed by atoms with Gasteiger partial charge in [0.1, 0.15) is 5.92 Å². The summed E-state index contributed by atoms with van der Waals surface area (Å²) < 4.78 is 9.96. The minimum atomic E-state index is -1.11. The van der Waals surface area contributed by atoms with E-state index >= 15 is 0 Å². The Hall–Kier alpha value is -1.14. The van der Waals surface area contributed by atoms with Crippen molar-refractivity contribution in [2.45, 2.75) is 20.8 Å². The van der Waals surface area contributed by atoms with Crippen molar-refractivity contribution in [1.29, 1.82) is 0 Å². The topological polar surface area (TPSA) is 84.9 Å². The highest BCUT2D eigenvalue weighted by Crippen LogP contribution is 2.26. The Bertz CT molecular complexity index is 272. The number of carbonyl (C=O) groups excluding carboxylic acids is 1. The minimum Gasteiger partial charge on any atom is -0.481 e. The van der Waals surface area contributed by atoms with Gasteiger partial charge in [0.15, 0.2) is 0 Å². The second-order valence-electron chi connectivity index (χ2n) is 5.03. The highest BCUT2D eigenvalue weighted by molar-refractivity contribution is 5.97. The first-order chi connectivity index (χ1) is 8.30. The van der Waals surface area contributed by atoms with Crippen LogP contribution in [0.25, 0.3) is 0 Å². The Kier molecular flexibility index (Phi) is 7.54. The SMILES string of the molecule is COCCOCCNC(=O)C(C(=O)O)C(C)(C)C. The number of carboxylic acid groups (broad SMARTS) is 1. The van der Waals surface area contributed by atoms with Gasteiger partial charge in [-0.25, -0.2) is 0 Å². The highest BCUT2D eigenvalue weighted by atomic mass is 16.5. The van der Waals surface area contributed by atoms with Gasteiger partial charge < -0.3 is 19.9 Å². The molecule has 0 rings (SSSR count). The van der Waals surface area contributed by atoms with E-state index < -0.39 is 23.2 Å². The van der Waals surface area contributed by atoms with Gasteiger partial charge in [-0.05, 0) is 5.41 Å². The lowest BCUT2D eigenvalue weighted by Gasteiger charge is -2.25. The van der Waals surface area contributed by atoms with Crippen LogP contribution in [0.4, 0.5) is 0 Å². The Morgan fingerprint density at radius 2 is 1.83 bits per heavy atom. The van der Waals surface area contributed by atoms with Gasteiger partial charge in [-0.2, -0.15) is 0 Å². The van der Waals surface area contributed by atoms with Crippen LogP contribution < -0.4 is 5.32 Å². The second kappa shape index (κ2) is 8.05. The van der Waals surface area contributed by atoms with Crippen molar-refractivity contribution in [2.24, 2.45) is 11.3 Å². The van der Waals surface area contributed by atoms with E-state index in [4.69, 9.17) is 14.6 Å². The molecule has 18 heavy (non-hydrogen) atoms. The van der Waals surface area contributed by atoms with Crippen LogP contribution >= 0.6 is 0 Å². The van der Waals surface area contributed by atoms with Crippen LogP contribution in [0.3, 0.4) is 0 Å². The number of methoxy groups -OCH3 is 1. The Morgan fingerprint density at radius 3 is 2.28 bits per heavy atom. The molecular formula is C12H23NO5. The molecule has 106 valence electrons. The third kappa shape index (κ3) is 6.56. The van der Waals surface area contributed by atoms with Gasteiger partial charge in [0.05, 0.1) is 19.8 Å². The van der Waals surface area contributed by atoms with Gasteiger partial charge in [-0.15, -0.1) is 0 Å². The van der Waals surface area contributed by atoms with Crippen LogP contribution in [-0.2, 0) is 19.1 Å². The molecule has 0 spiro atoms. The van der Waals surface area contributed by atoms with Crippen LogP contribution in [0.1, 0.15) is 20.8 Å². The molecule has 0 aliphatic rings. The van der Waals surface area contributed by atoms with Gasteiger partial charge in [0.25, 0.3) is 0 Å². The maximum atomic E-state index is 11.7. The molecule has 0 aromatic carbocycles. The summed E-state index contributed by atoms with van der Waals surface area (Å²) >= 11 is 0. The molecular weight excluding hydrogens is 238 g/mol. The van der Waals surface area contributed by atoms with E-state index in [0.717, 1.165) is 0 Å². The van der Waals surface area contributed by atoms with E-state index in [1.165, 1.54) is 0 Å². The first-order valence-electron chi connectivity index (χ1n) is 5.88. The zero-order valence-corrected chi connectivity index (χ0v) is 11.5. The number of amides is 1. The number of hydrogen-bond donors (Lipinski definition) is 2. The first kappa shape index (κ1) is 16.9. The van der Waals surface area contributed by atoms with Crippen molar-refractivity contribution in [3.05, 3.63) is 0 Å². The van der Waals surface area contributed by atoms with E-state index in [9.17, 15) is 9.59 Å². The van der Waals surface area contributed by atoms with Crippen molar-refractivity contribution in [3.63, 3.8) is 0 Å². The molecule has 1 unspecified atom stereocenters. The fraction of sp³-hybridized carbons (Fsp3) is 0.833. The lowest BCUT2D eigenvalue weighted by molar-refractivity contribution is -0.151. The van der Waals surface area contributed by atoms with Crippen molar-refractivity contribution in [1.82, 2.24) is 5.32 Å². The number of hydrogen-bond acceptors (Lipinski definition) is 4. The molecule has 1 atom stereocenters. The molecule has 0 radical (unpaired) electrons. The molecule has 0 fully saturated rings. The number of carbonyl (C=O) groups is 2. The van der Waals surface area contributed by atoms with E-state index in [2.05, 4.69) is 5.32 Å². The average Bonchev–Trinajstić information content (AvgIpc) is 2.20. The Morgan fingerprint density at radius 1 is 1.22 bits per heavy atom. The van der Waals surface area contributed by atoms with Crippen molar-refractivity contribution in [3.8, 4) is 0 Å². The van der Waals surface area contributed by atoms with Crippen molar-refractivity contribution >= 4 is 11.9 Å². The van der Waals surface area contributed by atoms with Crippen LogP contribution in [0.15, 0.2) is 0 Å². The number of carboxylic acids is 1. The monoisotopic (exact) mass is 261 g/mol. The predicted octanol–water partition coefficient (Wildman–Crippen LogP) is 0.512. The first-order valence-corrected chi connectivity index (χ1v) is 5.88. The average molecular weight is 261 g/mol. The summed E-state index contributed by atoms with van der Waals surface area (Å²) in [5, 5.41) is 11.6. The third-order valence-electron chi connectivity index (χ3n) is 2.35. The lowest BCUT2D eigenvalue weighted by Crippen LogP contribution is -2.43. The Balaban J connectivity index is 4.02. The standard InChI is InChI=1S/C12H23NO5/c1-12(2,3)9(11(15)16)10(14)13-5-6-18-8-7-17-4/h9H,5-8H2,1-4H3,(H,13,14)(H,15,16). The summed E-state index contributed by atoms with van der Waals surface area (Å²) in [6, 6.07) is 0. The quantitative estimate of drug-likeness (QED) is 0.491. The predicted molar refractivity (Wildman–Crippen MR) is 66.3 cm³/mol. The van der Waals surface area contributed by atoms with Crippen LogP contribution in [0.5, 0.6) is 0 Å². The molecule has 6 nitrogen and oxygen atoms in total. The van der Waals surface area contributed by atoms with Gasteiger partial charge in [0, 0.05) is 13.7 Å². The Labute approximate surface area is 108 Å². The molecule has 0 aromatic heterocycles. The molecule has 1 amide bonds. The number of ether oxygens (including phenoxy) is 2. The second-order valence-corrected chi connectivity index (χ2v) is 5.03. The van der Waals surface area contributed by atoms with Crippen molar-refractivity contribution in [2.75, 3.05) is 33.5 Å². The largest absolute Gasteiger partial charge is 0.481 e. The molecule has 0 saturated heterocycles. The number of aliphatic carboxylic acids is 1. The van der Waals surface area contributed by atoms with Crippen molar-refractivity contribution < 1.29 is 24.2 Å². The number of rotatable bonds is 8. The summed E-state index contributed by atoms with van der Waals surface area (Å²) in [4.78, 5) is 22.8. The molecule has 0 saturated carbocycles. The molecule has 0 aliphatic heterocycles. The summed E-state index contributed by atoms with van der Waals surface area (Å²) in [5.74, 6) is -2.65. The lowest BCUT2D eigenvalue weighted by atomic mass is 9.80. The zero-order valence-electron chi connectivity index (χ0n) is 11.5. The maximum absolute atomic E-state index is 11.7. The fourth-order valence-corrected chi connectivity index (χ4v) is 1.47. The zero-order chi connectivity index (χ0) is 14.2. The van der Waals surface area contributed by atoms with Gasteiger partial charge >= 0.3 is 5.97 Å². The van der Waals surface area contributed by atoms with E-state index in [0.29, 0.717) is 26.4 Å². The molecule has 0 aromatic rings. The van der Waals surface area contributed by atoms with Crippen LogP contribution in [0, 0.1) is 11.3 Å². The van der Waals surface area contributed by atoms with Gasteiger partial charge in [-0.3, -0.25) is 9.59 Å².